The molecule has 4 rings (SSSR count). The highest BCUT2D eigenvalue weighted by Gasteiger charge is 2.21. The molecule has 0 aliphatic carbocycles. The first-order valence-electron chi connectivity index (χ1n) is 10.6. The van der Waals surface area contributed by atoms with Gasteiger partial charge in [-0.15, -0.1) is 0 Å². The summed E-state index contributed by atoms with van der Waals surface area (Å²) in [7, 11) is 4.58. The first-order valence-corrected chi connectivity index (χ1v) is 10.6. The van der Waals surface area contributed by atoms with E-state index < -0.39 is 0 Å². The smallest absolute Gasteiger partial charge is 0.213 e. The van der Waals surface area contributed by atoms with Gasteiger partial charge >= 0.3 is 0 Å². The minimum Gasteiger partial charge on any atom is -0.493 e. The fraction of sp³-hybridized carbons (Fsp3) is 0.185. The lowest BCUT2D eigenvalue weighted by molar-refractivity contribution is 0.103. The van der Waals surface area contributed by atoms with Crippen LogP contribution < -0.4 is 14.2 Å². The molecule has 0 aliphatic rings. The molecule has 0 unspecified atom stereocenters. The Hall–Kier alpha value is -4.06. The van der Waals surface area contributed by atoms with E-state index in [0.29, 0.717) is 35.1 Å². The lowest BCUT2D eigenvalue weighted by atomic mass is 10.1. The highest BCUT2D eigenvalue weighted by Crippen LogP contribution is 2.38. The lowest BCUT2D eigenvalue weighted by Crippen LogP contribution is -2.05. The van der Waals surface area contributed by atoms with Crippen molar-refractivity contribution in [3.8, 4) is 28.6 Å². The number of hydrogen-bond acceptors (Lipinski definition) is 5. The third-order valence-electron chi connectivity index (χ3n) is 5.44. The third-order valence-corrected chi connectivity index (χ3v) is 5.44. The van der Waals surface area contributed by atoms with E-state index in [1.165, 1.54) is 21.3 Å². The maximum absolute atomic E-state index is 13.5. The number of carbonyl (C=O) groups is 1. The van der Waals surface area contributed by atoms with Crippen molar-refractivity contribution in [3.05, 3.63) is 95.3 Å². The number of aryl methyl sites for hydroxylation is 1. The maximum atomic E-state index is 13.5. The molecular weight excluding hydrogens is 416 g/mol. The predicted molar refractivity (Wildman–Crippen MR) is 127 cm³/mol. The van der Waals surface area contributed by atoms with Crippen LogP contribution in [0, 0.1) is 6.92 Å². The first kappa shape index (κ1) is 22.1. The van der Waals surface area contributed by atoms with E-state index in [9.17, 15) is 4.79 Å². The zero-order valence-corrected chi connectivity index (χ0v) is 19.2. The number of aromatic nitrogens is 2. The van der Waals surface area contributed by atoms with Gasteiger partial charge in [-0.2, -0.15) is 0 Å². The molecule has 0 N–H and O–H groups in total. The van der Waals surface area contributed by atoms with Crippen LogP contribution in [0.2, 0.25) is 0 Å². The van der Waals surface area contributed by atoms with Gasteiger partial charge in [0.1, 0.15) is 11.5 Å². The number of nitrogens with zero attached hydrogens (tertiary/aromatic N) is 2. The molecule has 0 aliphatic heterocycles. The van der Waals surface area contributed by atoms with Crippen molar-refractivity contribution in [2.45, 2.75) is 13.5 Å². The van der Waals surface area contributed by atoms with Crippen molar-refractivity contribution in [3.63, 3.8) is 0 Å². The van der Waals surface area contributed by atoms with Gasteiger partial charge in [-0.25, -0.2) is 4.98 Å². The zero-order valence-electron chi connectivity index (χ0n) is 19.2. The summed E-state index contributed by atoms with van der Waals surface area (Å²) in [5.41, 5.74) is 3.98. The molecule has 0 bridgehead atoms. The molecule has 0 saturated heterocycles. The number of ether oxygens (including phenoxy) is 3. The van der Waals surface area contributed by atoms with Crippen LogP contribution in [-0.2, 0) is 6.54 Å². The molecule has 1 heterocycles. The van der Waals surface area contributed by atoms with Gasteiger partial charge < -0.3 is 18.8 Å². The van der Waals surface area contributed by atoms with E-state index >= 15 is 0 Å². The summed E-state index contributed by atoms with van der Waals surface area (Å²) in [5, 5.41) is 0. The van der Waals surface area contributed by atoms with E-state index in [1.807, 2.05) is 54.0 Å². The van der Waals surface area contributed by atoms with Gasteiger partial charge in [0, 0.05) is 23.9 Å². The van der Waals surface area contributed by atoms with Crippen molar-refractivity contribution in [1.29, 1.82) is 0 Å². The first-order chi connectivity index (χ1) is 16.0. The molecule has 0 amide bonds. The molecule has 4 aromatic rings. The van der Waals surface area contributed by atoms with E-state index in [2.05, 4.69) is 12.1 Å². The van der Waals surface area contributed by atoms with Crippen molar-refractivity contribution >= 4 is 5.78 Å². The monoisotopic (exact) mass is 442 g/mol. The van der Waals surface area contributed by atoms with Crippen LogP contribution in [-0.4, -0.2) is 36.7 Å². The normalized spacial score (nSPS) is 10.7. The molecule has 33 heavy (non-hydrogen) atoms. The van der Waals surface area contributed by atoms with Crippen LogP contribution in [0.25, 0.3) is 11.4 Å². The summed E-state index contributed by atoms with van der Waals surface area (Å²) >= 11 is 0. The van der Waals surface area contributed by atoms with Gasteiger partial charge in [0.15, 0.2) is 11.5 Å². The van der Waals surface area contributed by atoms with Crippen LogP contribution in [0.15, 0.2) is 72.9 Å². The Labute approximate surface area is 193 Å². The second-order valence-corrected chi connectivity index (χ2v) is 7.67. The Bertz CT molecular complexity index is 1240. The molecule has 1 aromatic heterocycles. The summed E-state index contributed by atoms with van der Waals surface area (Å²) in [6, 6.07) is 21.5. The van der Waals surface area contributed by atoms with Gasteiger partial charge in [0.25, 0.3) is 0 Å². The number of imidazole rings is 1. The average Bonchev–Trinajstić information content (AvgIpc) is 3.27. The van der Waals surface area contributed by atoms with E-state index in [-0.39, 0.29) is 5.78 Å². The summed E-state index contributed by atoms with van der Waals surface area (Å²) < 4.78 is 18.2. The number of methoxy groups -OCH3 is 3. The number of hydrogen-bond donors (Lipinski definition) is 0. The van der Waals surface area contributed by atoms with Crippen molar-refractivity contribution in [2.75, 3.05) is 21.3 Å². The Morgan fingerprint density at radius 3 is 2.09 bits per heavy atom. The summed E-state index contributed by atoms with van der Waals surface area (Å²) in [6.07, 6.45) is 1.80. The fourth-order valence-corrected chi connectivity index (χ4v) is 3.72. The minimum atomic E-state index is -0.227. The quantitative estimate of drug-likeness (QED) is 0.353. The molecule has 0 radical (unpaired) electrons. The molecule has 3 aromatic carbocycles. The van der Waals surface area contributed by atoms with Crippen LogP contribution in [0.3, 0.4) is 0 Å². The van der Waals surface area contributed by atoms with Crippen LogP contribution >= 0.6 is 0 Å². The van der Waals surface area contributed by atoms with Gasteiger partial charge in [0.05, 0.1) is 21.3 Å². The van der Waals surface area contributed by atoms with Crippen molar-refractivity contribution in [1.82, 2.24) is 9.55 Å². The molecular formula is C27H26N2O4. The van der Waals surface area contributed by atoms with Crippen molar-refractivity contribution in [2.24, 2.45) is 0 Å². The molecule has 6 heteroatoms. The van der Waals surface area contributed by atoms with E-state index in [1.54, 1.807) is 18.3 Å². The maximum Gasteiger partial charge on any atom is 0.213 e. The molecule has 0 atom stereocenters. The predicted octanol–water partition coefficient (Wildman–Crippen LogP) is 5.16. The molecule has 6 nitrogen and oxygen atoms in total. The topological polar surface area (TPSA) is 62.6 Å². The highest BCUT2D eigenvalue weighted by atomic mass is 16.5. The highest BCUT2D eigenvalue weighted by molar-refractivity contribution is 6.08. The standard InChI is InChI=1S/C27H26N2O4/c1-18-10-12-20(13-11-18)27-28-22(17-29(27)16-19-8-6-5-7-9-19)25(30)21-14-23(31-2)26(33-4)24(15-21)32-3/h5-15,17H,16H2,1-4H3. The van der Waals surface area contributed by atoms with Crippen LogP contribution in [0.4, 0.5) is 0 Å². The number of rotatable bonds is 8. The fourth-order valence-electron chi connectivity index (χ4n) is 3.72. The van der Waals surface area contributed by atoms with Gasteiger partial charge in [-0.05, 0) is 24.6 Å². The summed E-state index contributed by atoms with van der Waals surface area (Å²) in [4.78, 5) is 18.2. The van der Waals surface area contributed by atoms with E-state index in [0.717, 1.165) is 22.5 Å². The largest absolute Gasteiger partial charge is 0.493 e. The van der Waals surface area contributed by atoms with Crippen LogP contribution in [0.1, 0.15) is 27.2 Å². The van der Waals surface area contributed by atoms with Gasteiger partial charge in [0.2, 0.25) is 11.5 Å². The molecule has 168 valence electrons. The summed E-state index contributed by atoms with van der Waals surface area (Å²) in [5.74, 6) is 1.78. The average molecular weight is 443 g/mol. The Kier molecular flexibility index (Phi) is 6.45. The molecule has 0 saturated carbocycles. The minimum absolute atomic E-state index is 0.227. The van der Waals surface area contributed by atoms with Gasteiger partial charge in [-0.1, -0.05) is 60.2 Å². The summed E-state index contributed by atoms with van der Waals surface area (Å²) in [6.45, 7) is 2.64. The number of benzene rings is 3. The third kappa shape index (κ3) is 4.60. The number of carbonyl (C=O) groups excluding carboxylic acids is 1. The SMILES string of the molecule is COc1cc(C(=O)c2cn(Cc3ccccc3)c(-c3ccc(C)cc3)n2)cc(OC)c1OC. The van der Waals surface area contributed by atoms with Crippen molar-refractivity contribution < 1.29 is 19.0 Å². The zero-order chi connectivity index (χ0) is 23.4. The Morgan fingerprint density at radius 2 is 1.52 bits per heavy atom. The second-order valence-electron chi connectivity index (χ2n) is 7.67. The Balaban J connectivity index is 1.78. The molecule has 0 fully saturated rings. The van der Waals surface area contributed by atoms with Crippen LogP contribution in [0.5, 0.6) is 17.2 Å². The number of ketones is 1. The lowest BCUT2D eigenvalue weighted by Gasteiger charge is -2.13. The van der Waals surface area contributed by atoms with E-state index in [4.69, 9.17) is 19.2 Å². The molecule has 0 spiro atoms. The Morgan fingerprint density at radius 1 is 0.879 bits per heavy atom. The second kappa shape index (κ2) is 9.61. The van der Waals surface area contributed by atoms with Gasteiger partial charge in [-0.3, -0.25) is 4.79 Å².